The van der Waals surface area contributed by atoms with Gasteiger partial charge in [-0.25, -0.2) is 8.42 Å². The Kier molecular flexibility index (Phi) is 5.40. The first kappa shape index (κ1) is 18.2. The van der Waals surface area contributed by atoms with Crippen LogP contribution in [0.4, 0.5) is 5.69 Å². The molecule has 2 N–H and O–H groups in total. The second kappa shape index (κ2) is 7.14. The number of carboxylic acids is 1. The first-order valence-corrected chi connectivity index (χ1v) is 9.80. The number of rotatable bonds is 6. The van der Waals surface area contributed by atoms with Gasteiger partial charge in [0, 0.05) is 11.9 Å². The Morgan fingerprint density at radius 2 is 1.79 bits per heavy atom. The van der Waals surface area contributed by atoms with E-state index in [-0.39, 0.29) is 10.1 Å². The SMILES string of the molecule is CC(Cc1ccc(NC(=O)c2ccc(S(C)(=O)=O)s2)cc1)C(=O)O. The molecule has 1 heterocycles. The number of sulfone groups is 1. The molecule has 0 radical (unpaired) electrons. The molecule has 6 nitrogen and oxygen atoms in total. The van der Waals surface area contributed by atoms with Gasteiger partial charge in [0.2, 0.25) is 0 Å². The van der Waals surface area contributed by atoms with Crippen LogP contribution in [0.5, 0.6) is 0 Å². The van der Waals surface area contributed by atoms with Crippen molar-refractivity contribution in [2.75, 3.05) is 11.6 Å². The molecule has 1 aromatic heterocycles. The maximum absolute atomic E-state index is 12.1. The number of benzene rings is 1. The quantitative estimate of drug-likeness (QED) is 0.817. The number of aliphatic carboxylic acids is 1. The summed E-state index contributed by atoms with van der Waals surface area (Å²) in [7, 11) is -3.32. The van der Waals surface area contributed by atoms with Crippen LogP contribution >= 0.6 is 11.3 Å². The first-order chi connectivity index (χ1) is 11.2. The largest absolute Gasteiger partial charge is 0.481 e. The van der Waals surface area contributed by atoms with Crippen LogP contribution in [0.25, 0.3) is 0 Å². The van der Waals surface area contributed by atoms with Gasteiger partial charge in [-0.3, -0.25) is 9.59 Å². The molecule has 0 saturated carbocycles. The fourth-order valence-corrected chi connectivity index (χ4v) is 3.82. The summed E-state index contributed by atoms with van der Waals surface area (Å²) in [5, 5.41) is 11.6. The molecule has 0 bridgehead atoms. The molecule has 1 unspecified atom stereocenters. The van der Waals surface area contributed by atoms with E-state index in [1.165, 1.54) is 12.1 Å². The molecule has 0 aliphatic heterocycles. The van der Waals surface area contributed by atoms with Crippen LogP contribution in [0, 0.1) is 5.92 Å². The van der Waals surface area contributed by atoms with Crippen LogP contribution in [0.3, 0.4) is 0 Å². The molecule has 1 atom stereocenters. The number of hydrogen-bond donors (Lipinski definition) is 2. The minimum atomic E-state index is -3.32. The highest BCUT2D eigenvalue weighted by Gasteiger charge is 2.15. The highest BCUT2D eigenvalue weighted by molar-refractivity contribution is 7.92. The van der Waals surface area contributed by atoms with E-state index in [4.69, 9.17) is 5.11 Å². The maximum atomic E-state index is 12.1. The van der Waals surface area contributed by atoms with Crippen LogP contribution in [0.2, 0.25) is 0 Å². The number of hydrogen-bond acceptors (Lipinski definition) is 5. The zero-order chi connectivity index (χ0) is 17.9. The minimum Gasteiger partial charge on any atom is -0.481 e. The van der Waals surface area contributed by atoms with Crippen molar-refractivity contribution < 1.29 is 23.1 Å². The number of carboxylic acid groups (broad SMARTS) is 1. The Bertz CT molecular complexity index is 853. The Balaban J connectivity index is 2.04. The molecule has 24 heavy (non-hydrogen) atoms. The van der Waals surface area contributed by atoms with E-state index >= 15 is 0 Å². The van der Waals surface area contributed by atoms with Gasteiger partial charge in [0.25, 0.3) is 5.91 Å². The Morgan fingerprint density at radius 3 is 2.29 bits per heavy atom. The number of anilines is 1. The van der Waals surface area contributed by atoms with E-state index in [0.717, 1.165) is 23.2 Å². The highest BCUT2D eigenvalue weighted by atomic mass is 32.2. The lowest BCUT2D eigenvalue weighted by molar-refractivity contribution is -0.141. The van der Waals surface area contributed by atoms with E-state index in [0.29, 0.717) is 17.0 Å². The lowest BCUT2D eigenvalue weighted by Gasteiger charge is -2.08. The highest BCUT2D eigenvalue weighted by Crippen LogP contribution is 2.22. The van der Waals surface area contributed by atoms with Crippen molar-refractivity contribution in [1.29, 1.82) is 0 Å². The van der Waals surface area contributed by atoms with Crippen molar-refractivity contribution in [1.82, 2.24) is 0 Å². The van der Waals surface area contributed by atoms with E-state index in [1.807, 2.05) is 0 Å². The van der Waals surface area contributed by atoms with Crippen molar-refractivity contribution in [2.45, 2.75) is 17.6 Å². The molecule has 0 aliphatic carbocycles. The van der Waals surface area contributed by atoms with Crippen molar-refractivity contribution in [3.05, 3.63) is 46.8 Å². The number of nitrogens with one attached hydrogen (secondary N) is 1. The van der Waals surface area contributed by atoms with E-state index in [1.54, 1.807) is 31.2 Å². The molecule has 2 rings (SSSR count). The summed E-state index contributed by atoms with van der Waals surface area (Å²) in [5.74, 6) is -1.72. The summed E-state index contributed by atoms with van der Waals surface area (Å²) in [6.45, 7) is 1.63. The third kappa shape index (κ3) is 4.65. The monoisotopic (exact) mass is 367 g/mol. The van der Waals surface area contributed by atoms with Gasteiger partial charge in [-0.2, -0.15) is 0 Å². The average Bonchev–Trinajstić information content (AvgIpc) is 2.99. The molecular weight excluding hydrogens is 350 g/mol. The third-order valence-corrected chi connectivity index (χ3v) is 6.25. The molecule has 1 aromatic carbocycles. The minimum absolute atomic E-state index is 0.144. The molecule has 128 valence electrons. The molecule has 0 saturated heterocycles. The topological polar surface area (TPSA) is 101 Å². The van der Waals surface area contributed by atoms with Crippen molar-refractivity contribution in [3.8, 4) is 0 Å². The van der Waals surface area contributed by atoms with Crippen LogP contribution in [-0.4, -0.2) is 31.7 Å². The number of thiophene rings is 1. The number of carbonyl (C=O) groups is 2. The van der Waals surface area contributed by atoms with Gasteiger partial charge < -0.3 is 10.4 Å². The van der Waals surface area contributed by atoms with Gasteiger partial charge in [-0.05, 0) is 36.2 Å². The van der Waals surface area contributed by atoms with Crippen molar-refractivity contribution in [3.63, 3.8) is 0 Å². The van der Waals surface area contributed by atoms with Gasteiger partial charge in [-0.15, -0.1) is 11.3 Å². The fraction of sp³-hybridized carbons (Fsp3) is 0.250. The van der Waals surface area contributed by atoms with Crippen molar-refractivity contribution in [2.24, 2.45) is 5.92 Å². The molecular formula is C16H17NO5S2. The summed E-state index contributed by atoms with van der Waals surface area (Å²) in [6.07, 6.45) is 1.50. The van der Waals surface area contributed by atoms with Gasteiger partial charge in [0.05, 0.1) is 10.8 Å². The zero-order valence-electron chi connectivity index (χ0n) is 13.1. The summed E-state index contributed by atoms with van der Waals surface area (Å²) in [5.41, 5.74) is 1.42. The van der Waals surface area contributed by atoms with E-state index in [2.05, 4.69) is 5.32 Å². The van der Waals surface area contributed by atoms with E-state index in [9.17, 15) is 18.0 Å². The van der Waals surface area contributed by atoms with Gasteiger partial charge in [0.15, 0.2) is 9.84 Å². The predicted octanol–water partition coefficient (Wildman–Crippen LogP) is 2.67. The summed E-state index contributed by atoms with van der Waals surface area (Å²) < 4.78 is 23.0. The molecule has 2 aromatic rings. The maximum Gasteiger partial charge on any atom is 0.306 e. The summed E-state index contributed by atoms with van der Waals surface area (Å²) in [6, 6.07) is 9.77. The smallest absolute Gasteiger partial charge is 0.306 e. The molecule has 1 amide bonds. The van der Waals surface area contributed by atoms with Gasteiger partial charge in [0.1, 0.15) is 4.21 Å². The lowest BCUT2D eigenvalue weighted by Crippen LogP contribution is -2.12. The molecule has 8 heteroatoms. The van der Waals surface area contributed by atoms with Crippen LogP contribution in [-0.2, 0) is 21.1 Å². The Morgan fingerprint density at radius 1 is 1.17 bits per heavy atom. The normalized spacial score (nSPS) is 12.6. The molecule has 0 spiro atoms. The Labute approximate surface area is 144 Å². The first-order valence-electron chi connectivity index (χ1n) is 7.10. The van der Waals surface area contributed by atoms with Gasteiger partial charge >= 0.3 is 5.97 Å². The third-order valence-electron chi connectivity index (χ3n) is 3.35. The second-order valence-electron chi connectivity index (χ2n) is 5.49. The van der Waals surface area contributed by atoms with Gasteiger partial charge in [-0.1, -0.05) is 19.1 Å². The van der Waals surface area contributed by atoms with Crippen LogP contribution in [0.1, 0.15) is 22.2 Å². The lowest BCUT2D eigenvalue weighted by atomic mass is 10.0. The second-order valence-corrected chi connectivity index (χ2v) is 8.81. The summed E-state index contributed by atoms with van der Waals surface area (Å²) in [4.78, 5) is 23.3. The van der Waals surface area contributed by atoms with E-state index < -0.39 is 21.7 Å². The standard InChI is InChI=1S/C16H17NO5S2/c1-10(16(19)20)9-11-3-5-12(6-4-11)17-15(18)13-7-8-14(23-13)24(2,21)22/h3-8,10H,9H2,1-2H3,(H,17,18)(H,19,20). The van der Waals surface area contributed by atoms with Crippen LogP contribution in [0.15, 0.2) is 40.6 Å². The number of carbonyl (C=O) groups excluding carboxylic acids is 1. The summed E-state index contributed by atoms with van der Waals surface area (Å²) >= 11 is 0.917. The van der Waals surface area contributed by atoms with Crippen molar-refractivity contribution >= 4 is 38.7 Å². The Hall–Kier alpha value is -2.19. The average molecular weight is 367 g/mol. The predicted molar refractivity (Wildman–Crippen MR) is 92.3 cm³/mol. The zero-order valence-corrected chi connectivity index (χ0v) is 14.8. The fourth-order valence-electron chi connectivity index (χ4n) is 2.00. The molecule has 0 aliphatic rings. The number of amides is 1. The molecule has 0 fully saturated rings. The van der Waals surface area contributed by atoms with Crippen LogP contribution < -0.4 is 5.32 Å².